The minimum atomic E-state index is -1.05. The molecule has 1 saturated heterocycles. The Morgan fingerprint density at radius 1 is 1.04 bits per heavy atom. The number of aryl methyl sites for hydroxylation is 2. The summed E-state index contributed by atoms with van der Waals surface area (Å²) in [6.45, 7) is 7.27. The van der Waals surface area contributed by atoms with E-state index in [1.807, 2.05) is 30.9 Å². The summed E-state index contributed by atoms with van der Waals surface area (Å²) in [5, 5.41) is 18.1. The van der Waals surface area contributed by atoms with E-state index in [2.05, 4.69) is 28.2 Å². The molecule has 2 aromatic rings. The number of likely N-dealkylation sites (N-methyl/N-ethyl adjacent to an activating group) is 1. The highest BCUT2D eigenvalue weighted by molar-refractivity contribution is 5.91. The molecule has 1 N–H and O–H groups in total. The summed E-state index contributed by atoms with van der Waals surface area (Å²) in [6.07, 6.45) is 0. The van der Waals surface area contributed by atoms with Gasteiger partial charge in [-0.25, -0.2) is 4.79 Å². The molecule has 7 nitrogen and oxygen atoms in total. The molecule has 2 heterocycles. The third-order valence-electron chi connectivity index (χ3n) is 4.04. The molecular formula is C16H21N5O2. The highest BCUT2D eigenvalue weighted by Crippen LogP contribution is 2.20. The maximum absolute atomic E-state index is 11.6. The number of carbonyl (C=O) groups is 1. The molecule has 122 valence electrons. The Bertz CT molecular complexity index is 712. The van der Waals surface area contributed by atoms with Crippen LogP contribution in [0.2, 0.25) is 0 Å². The van der Waals surface area contributed by atoms with Gasteiger partial charge >= 0.3 is 5.97 Å². The van der Waals surface area contributed by atoms with Gasteiger partial charge in [0.1, 0.15) is 0 Å². The van der Waals surface area contributed by atoms with Crippen LogP contribution in [0.1, 0.15) is 21.6 Å². The second kappa shape index (κ2) is 6.00. The van der Waals surface area contributed by atoms with Crippen molar-refractivity contribution in [1.29, 1.82) is 0 Å². The number of piperazine rings is 1. The summed E-state index contributed by atoms with van der Waals surface area (Å²) < 4.78 is 0. The van der Waals surface area contributed by atoms with Gasteiger partial charge in [0.2, 0.25) is 5.69 Å². The molecule has 1 aromatic heterocycles. The molecule has 0 aliphatic carbocycles. The molecule has 0 radical (unpaired) electrons. The minimum absolute atomic E-state index is 0.00807. The molecule has 7 heteroatoms. The number of aromatic nitrogens is 3. The maximum Gasteiger partial charge on any atom is 0.360 e. The van der Waals surface area contributed by atoms with Crippen molar-refractivity contribution in [2.75, 3.05) is 38.1 Å². The molecule has 0 atom stereocenters. The predicted octanol–water partition coefficient (Wildman–Crippen LogP) is 1.33. The first-order chi connectivity index (χ1) is 10.9. The van der Waals surface area contributed by atoms with Gasteiger partial charge in [0, 0.05) is 26.2 Å². The van der Waals surface area contributed by atoms with Gasteiger partial charge in [0.05, 0.1) is 5.69 Å². The van der Waals surface area contributed by atoms with Crippen molar-refractivity contribution in [3.8, 4) is 5.69 Å². The molecule has 1 aromatic carbocycles. The van der Waals surface area contributed by atoms with Crippen molar-refractivity contribution in [2.24, 2.45) is 0 Å². The van der Waals surface area contributed by atoms with Gasteiger partial charge in [-0.15, -0.1) is 15.0 Å². The van der Waals surface area contributed by atoms with E-state index in [1.165, 1.54) is 4.80 Å². The number of anilines is 1. The fourth-order valence-electron chi connectivity index (χ4n) is 2.85. The maximum atomic E-state index is 11.6. The zero-order valence-corrected chi connectivity index (χ0v) is 13.7. The number of hydrogen-bond donors (Lipinski definition) is 1. The molecule has 1 aliphatic rings. The van der Waals surface area contributed by atoms with Crippen LogP contribution in [0.15, 0.2) is 18.2 Å². The predicted molar refractivity (Wildman–Crippen MR) is 87.5 cm³/mol. The number of hydrogen-bond acceptors (Lipinski definition) is 5. The highest BCUT2D eigenvalue weighted by Gasteiger charge is 2.25. The van der Waals surface area contributed by atoms with Gasteiger partial charge in [0.25, 0.3) is 0 Å². The van der Waals surface area contributed by atoms with Crippen LogP contribution in [0.25, 0.3) is 5.69 Å². The number of benzene rings is 1. The fraction of sp³-hybridized carbons (Fsp3) is 0.438. The summed E-state index contributed by atoms with van der Waals surface area (Å²) in [7, 11) is 2.06. The van der Waals surface area contributed by atoms with Crippen LogP contribution in [0, 0.1) is 13.8 Å². The molecule has 3 rings (SSSR count). The number of rotatable bonds is 3. The molecule has 0 bridgehead atoms. The highest BCUT2D eigenvalue weighted by atomic mass is 16.4. The quantitative estimate of drug-likeness (QED) is 0.921. The molecular weight excluding hydrogens is 294 g/mol. The van der Waals surface area contributed by atoms with Crippen LogP contribution in [-0.2, 0) is 0 Å². The lowest BCUT2D eigenvalue weighted by atomic mass is 10.1. The molecule has 0 amide bonds. The van der Waals surface area contributed by atoms with Crippen molar-refractivity contribution in [2.45, 2.75) is 13.8 Å². The number of carboxylic acids is 1. The van der Waals surface area contributed by atoms with Gasteiger partial charge in [-0.1, -0.05) is 6.07 Å². The van der Waals surface area contributed by atoms with Crippen molar-refractivity contribution in [3.63, 3.8) is 0 Å². The Labute approximate surface area is 135 Å². The van der Waals surface area contributed by atoms with E-state index in [9.17, 15) is 9.90 Å². The van der Waals surface area contributed by atoms with E-state index in [-0.39, 0.29) is 5.69 Å². The van der Waals surface area contributed by atoms with Crippen LogP contribution in [0.3, 0.4) is 0 Å². The summed E-state index contributed by atoms with van der Waals surface area (Å²) >= 11 is 0. The molecule has 0 spiro atoms. The number of carboxylic acid groups (broad SMARTS) is 1. The van der Waals surface area contributed by atoms with Crippen LogP contribution in [0.4, 0.5) is 5.82 Å². The second-order valence-corrected chi connectivity index (χ2v) is 6.10. The Hall–Kier alpha value is -2.41. The van der Waals surface area contributed by atoms with E-state index in [4.69, 9.17) is 0 Å². The number of nitrogens with zero attached hydrogens (tertiary/aromatic N) is 5. The van der Waals surface area contributed by atoms with Crippen LogP contribution in [0.5, 0.6) is 0 Å². The Morgan fingerprint density at radius 2 is 1.65 bits per heavy atom. The van der Waals surface area contributed by atoms with Crippen molar-refractivity contribution >= 4 is 11.8 Å². The lowest BCUT2D eigenvalue weighted by Crippen LogP contribution is -2.45. The van der Waals surface area contributed by atoms with Gasteiger partial charge in [-0.3, -0.25) is 0 Å². The smallest absolute Gasteiger partial charge is 0.360 e. The van der Waals surface area contributed by atoms with Gasteiger partial charge in [0.15, 0.2) is 5.82 Å². The van der Waals surface area contributed by atoms with Gasteiger partial charge in [-0.05, 0) is 44.2 Å². The largest absolute Gasteiger partial charge is 0.476 e. The minimum Gasteiger partial charge on any atom is -0.476 e. The molecule has 1 fully saturated rings. The van der Waals surface area contributed by atoms with Gasteiger partial charge < -0.3 is 14.9 Å². The molecule has 0 saturated carbocycles. The average Bonchev–Trinajstić information content (AvgIpc) is 2.92. The Balaban J connectivity index is 2.00. The summed E-state index contributed by atoms with van der Waals surface area (Å²) in [5.74, 6) is -0.598. The first kappa shape index (κ1) is 15.5. The average molecular weight is 315 g/mol. The topological polar surface area (TPSA) is 74.5 Å². The standard InChI is InChI=1S/C16H21N5O2/c1-11-8-12(2)10-13(9-11)21-17-14(16(22)23)15(18-21)20-6-4-19(3)5-7-20/h8-10H,4-7H2,1-3H3,(H,22,23). The molecule has 23 heavy (non-hydrogen) atoms. The van der Waals surface area contributed by atoms with Crippen molar-refractivity contribution in [1.82, 2.24) is 19.9 Å². The van der Waals surface area contributed by atoms with E-state index in [1.54, 1.807) is 0 Å². The fourth-order valence-corrected chi connectivity index (χ4v) is 2.85. The lowest BCUT2D eigenvalue weighted by molar-refractivity contribution is 0.0690. The zero-order chi connectivity index (χ0) is 16.6. The van der Waals surface area contributed by atoms with E-state index < -0.39 is 5.97 Å². The monoisotopic (exact) mass is 315 g/mol. The van der Waals surface area contributed by atoms with Crippen LogP contribution < -0.4 is 4.90 Å². The van der Waals surface area contributed by atoms with E-state index in [0.29, 0.717) is 5.82 Å². The normalized spacial score (nSPS) is 15.9. The van der Waals surface area contributed by atoms with Crippen LogP contribution >= 0.6 is 0 Å². The number of aromatic carboxylic acids is 1. The Morgan fingerprint density at radius 3 is 2.22 bits per heavy atom. The van der Waals surface area contributed by atoms with E-state index in [0.717, 1.165) is 43.0 Å². The van der Waals surface area contributed by atoms with Gasteiger partial charge in [-0.2, -0.15) is 0 Å². The lowest BCUT2D eigenvalue weighted by Gasteiger charge is -2.32. The summed E-state index contributed by atoms with van der Waals surface area (Å²) in [4.78, 5) is 17.2. The molecule has 0 unspecified atom stereocenters. The van der Waals surface area contributed by atoms with E-state index >= 15 is 0 Å². The molecule has 1 aliphatic heterocycles. The van der Waals surface area contributed by atoms with Crippen molar-refractivity contribution < 1.29 is 9.90 Å². The van der Waals surface area contributed by atoms with Crippen LogP contribution in [-0.4, -0.2) is 64.2 Å². The Kier molecular flexibility index (Phi) is 4.04. The summed E-state index contributed by atoms with van der Waals surface area (Å²) in [5.41, 5.74) is 2.98. The third kappa shape index (κ3) is 3.19. The third-order valence-corrected chi connectivity index (χ3v) is 4.04. The SMILES string of the molecule is Cc1cc(C)cc(-n2nc(C(=O)O)c(N3CCN(C)CC3)n2)c1. The summed E-state index contributed by atoms with van der Waals surface area (Å²) in [6, 6.07) is 5.96. The zero-order valence-electron chi connectivity index (χ0n) is 13.7. The van der Waals surface area contributed by atoms with Crippen molar-refractivity contribution in [3.05, 3.63) is 35.0 Å². The second-order valence-electron chi connectivity index (χ2n) is 6.10. The first-order valence-corrected chi connectivity index (χ1v) is 7.67. The first-order valence-electron chi connectivity index (χ1n) is 7.67.